The van der Waals surface area contributed by atoms with E-state index in [1.165, 1.54) is 0 Å². The third kappa shape index (κ3) is 7.44. The highest BCUT2D eigenvalue weighted by atomic mass is 14.6. The largest absolute Gasteiger partial charge is 0.325 e. The molecular weight excluding hydrogens is 110 g/mol. The molecule has 9 heavy (non-hydrogen) atoms. The minimum atomic E-state index is 0.173. The molecule has 2 N–H and O–H groups in total. The van der Waals surface area contributed by atoms with Crippen LogP contribution < -0.4 is 5.73 Å². The number of hydrogen-bond acceptors (Lipinski definition) is 1. The summed E-state index contributed by atoms with van der Waals surface area (Å²) in [5.41, 5.74) is 5.45. The van der Waals surface area contributed by atoms with Gasteiger partial charge in [-0.05, 0) is 13.3 Å². The zero-order chi connectivity index (χ0) is 7.11. The molecule has 0 radical (unpaired) electrons. The maximum absolute atomic E-state index is 5.45. The predicted molar refractivity (Wildman–Crippen MR) is 42.2 cm³/mol. The first kappa shape index (κ1) is 8.44. The van der Waals surface area contributed by atoms with Crippen molar-refractivity contribution in [2.75, 3.05) is 0 Å². The zero-order valence-corrected chi connectivity index (χ0v) is 6.17. The molecule has 0 fully saturated rings. The summed E-state index contributed by atoms with van der Waals surface area (Å²) in [5.74, 6) is 0. The Kier molecular flexibility index (Phi) is 5.23. The quantitative estimate of drug-likeness (QED) is 0.572. The first-order valence-corrected chi connectivity index (χ1v) is 3.36. The van der Waals surface area contributed by atoms with Gasteiger partial charge in [-0.15, -0.1) is 0 Å². The molecule has 1 nitrogen and oxygen atoms in total. The fourth-order valence-electron chi connectivity index (χ4n) is 0.454. The lowest BCUT2D eigenvalue weighted by atomic mass is 10.3. The van der Waals surface area contributed by atoms with Crippen LogP contribution in [0.3, 0.4) is 0 Å². The highest BCUT2D eigenvalue weighted by molar-refractivity contribution is 5.04. The third-order valence-corrected chi connectivity index (χ3v) is 0.898. The normalized spacial score (nSPS) is 15.4. The van der Waals surface area contributed by atoms with Crippen molar-refractivity contribution >= 4 is 0 Å². The van der Waals surface area contributed by atoms with Gasteiger partial charge >= 0.3 is 0 Å². The molecular formula is C8H15N. The zero-order valence-electron chi connectivity index (χ0n) is 6.17. The van der Waals surface area contributed by atoms with Crippen LogP contribution in [0, 0.1) is 0 Å². The van der Waals surface area contributed by atoms with E-state index in [-0.39, 0.29) is 6.04 Å². The van der Waals surface area contributed by atoms with Gasteiger partial charge in [0.15, 0.2) is 0 Å². The average Bonchev–Trinajstić information content (AvgIpc) is 1.80. The lowest BCUT2D eigenvalue weighted by Gasteiger charge is -1.89. The van der Waals surface area contributed by atoms with Crippen molar-refractivity contribution in [2.24, 2.45) is 5.73 Å². The Morgan fingerprint density at radius 1 is 1.44 bits per heavy atom. The molecule has 0 aliphatic heterocycles. The molecule has 0 saturated carbocycles. The van der Waals surface area contributed by atoms with Crippen LogP contribution in [0.4, 0.5) is 0 Å². The topological polar surface area (TPSA) is 26.0 Å². The molecule has 0 rings (SSSR count). The summed E-state index contributed by atoms with van der Waals surface area (Å²) in [6.45, 7) is 4.06. The minimum absolute atomic E-state index is 0.173. The van der Waals surface area contributed by atoms with Gasteiger partial charge in [-0.2, -0.15) is 0 Å². The van der Waals surface area contributed by atoms with Crippen molar-refractivity contribution < 1.29 is 0 Å². The van der Waals surface area contributed by atoms with E-state index < -0.39 is 0 Å². The Bertz CT molecular complexity index is 101. The van der Waals surface area contributed by atoms with E-state index in [0.717, 1.165) is 6.42 Å². The predicted octanol–water partition coefficient (Wildman–Crippen LogP) is 1.86. The van der Waals surface area contributed by atoms with Crippen molar-refractivity contribution in [3.8, 4) is 0 Å². The summed E-state index contributed by atoms with van der Waals surface area (Å²) in [6, 6.07) is 0.173. The molecule has 0 spiro atoms. The van der Waals surface area contributed by atoms with E-state index in [9.17, 15) is 0 Å². The second kappa shape index (κ2) is 5.57. The summed E-state index contributed by atoms with van der Waals surface area (Å²) in [5, 5.41) is 0. The van der Waals surface area contributed by atoms with Crippen LogP contribution in [-0.2, 0) is 0 Å². The summed E-state index contributed by atoms with van der Waals surface area (Å²) >= 11 is 0. The number of allylic oxidation sites excluding steroid dienone is 3. The first-order valence-electron chi connectivity index (χ1n) is 3.36. The van der Waals surface area contributed by atoms with Crippen LogP contribution in [0.15, 0.2) is 24.3 Å². The van der Waals surface area contributed by atoms with Crippen molar-refractivity contribution in [1.82, 2.24) is 0 Å². The molecule has 1 unspecified atom stereocenters. The Morgan fingerprint density at radius 2 is 2.11 bits per heavy atom. The molecule has 0 bridgehead atoms. The van der Waals surface area contributed by atoms with Gasteiger partial charge in [-0.3, -0.25) is 0 Å². The molecule has 0 aromatic rings. The number of nitrogens with two attached hydrogens (primary N) is 1. The molecule has 0 aromatic carbocycles. The van der Waals surface area contributed by atoms with Gasteiger partial charge in [-0.1, -0.05) is 31.2 Å². The monoisotopic (exact) mass is 125 g/mol. The SMILES string of the molecule is CC/C=C\C=CC(C)N. The van der Waals surface area contributed by atoms with E-state index in [0.29, 0.717) is 0 Å². The van der Waals surface area contributed by atoms with Gasteiger partial charge in [0, 0.05) is 6.04 Å². The fourth-order valence-corrected chi connectivity index (χ4v) is 0.454. The summed E-state index contributed by atoms with van der Waals surface area (Å²) in [4.78, 5) is 0. The van der Waals surface area contributed by atoms with Gasteiger partial charge in [0.1, 0.15) is 0 Å². The van der Waals surface area contributed by atoms with Crippen LogP contribution in [0.2, 0.25) is 0 Å². The summed E-state index contributed by atoms with van der Waals surface area (Å²) in [6.07, 6.45) is 9.14. The fraction of sp³-hybridized carbons (Fsp3) is 0.500. The van der Waals surface area contributed by atoms with E-state index >= 15 is 0 Å². The lowest BCUT2D eigenvalue weighted by molar-refractivity contribution is 0.926. The van der Waals surface area contributed by atoms with E-state index in [2.05, 4.69) is 13.0 Å². The molecule has 0 saturated heterocycles. The molecule has 0 aliphatic carbocycles. The average molecular weight is 125 g/mol. The first-order chi connectivity index (χ1) is 4.27. The van der Waals surface area contributed by atoms with Crippen LogP contribution in [-0.4, -0.2) is 6.04 Å². The van der Waals surface area contributed by atoms with E-state index in [1.807, 2.05) is 25.2 Å². The van der Waals surface area contributed by atoms with Gasteiger partial charge in [-0.25, -0.2) is 0 Å². The van der Waals surface area contributed by atoms with Gasteiger partial charge in [0.25, 0.3) is 0 Å². The van der Waals surface area contributed by atoms with Crippen LogP contribution in [0.5, 0.6) is 0 Å². The van der Waals surface area contributed by atoms with Gasteiger partial charge in [0.2, 0.25) is 0 Å². The molecule has 0 heterocycles. The second-order valence-electron chi connectivity index (χ2n) is 2.08. The van der Waals surface area contributed by atoms with Crippen LogP contribution in [0.25, 0.3) is 0 Å². The summed E-state index contributed by atoms with van der Waals surface area (Å²) in [7, 11) is 0. The Balaban J connectivity index is 3.35. The summed E-state index contributed by atoms with van der Waals surface area (Å²) < 4.78 is 0. The number of rotatable bonds is 3. The van der Waals surface area contributed by atoms with Crippen molar-refractivity contribution in [1.29, 1.82) is 0 Å². The molecule has 1 atom stereocenters. The number of hydrogen-bond donors (Lipinski definition) is 1. The standard InChI is InChI=1S/C8H15N/c1-3-4-5-6-7-8(2)9/h4-8H,3,9H2,1-2H3/b5-4-,7-6?. The van der Waals surface area contributed by atoms with Crippen molar-refractivity contribution in [2.45, 2.75) is 26.3 Å². The smallest absolute Gasteiger partial charge is 0.0197 e. The highest BCUT2D eigenvalue weighted by Gasteiger charge is 1.77. The Morgan fingerprint density at radius 3 is 2.56 bits per heavy atom. The molecule has 0 amide bonds. The van der Waals surface area contributed by atoms with E-state index in [1.54, 1.807) is 0 Å². The van der Waals surface area contributed by atoms with Crippen LogP contribution >= 0.6 is 0 Å². The van der Waals surface area contributed by atoms with E-state index in [4.69, 9.17) is 5.73 Å². The van der Waals surface area contributed by atoms with Crippen LogP contribution in [0.1, 0.15) is 20.3 Å². The molecule has 0 aromatic heterocycles. The maximum atomic E-state index is 5.45. The third-order valence-electron chi connectivity index (χ3n) is 0.898. The van der Waals surface area contributed by atoms with Gasteiger partial charge in [0.05, 0.1) is 0 Å². The second-order valence-corrected chi connectivity index (χ2v) is 2.08. The minimum Gasteiger partial charge on any atom is -0.325 e. The molecule has 1 heteroatoms. The molecule has 0 aliphatic rings. The van der Waals surface area contributed by atoms with Gasteiger partial charge < -0.3 is 5.73 Å². The highest BCUT2D eigenvalue weighted by Crippen LogP contribution is 1.83. The van der Waals surface area contributed by atoms with Crippen molar-refractivity contribution in [3.63, 3.8) is 0 Å². The maximum Gasteiger partial charge on any atom is 0.0197 e. The van der Waals surface area contributed by atoms with Crippen molar-refractivity contribution in [3.05, 3.63) is 24.3 Å². The lowest BCUT2D eigenvalue weighted by Crippen LogP contribution is -2.09. The Hall–Kier alpha value is -0.560. The molecule has 52 valence electrons. The Labute approximate surface area is 57.3 Å².